The number of hydrogen-bond donors (Lipinski definition) is 1. The Bertz CT molecular complexity index is 799. The molecule has 0 aromatic heterocycles. The maximum absolute atomic E-state index is 12.1. The van der Waals surface area contributed by atoms with Gasteiger partial charge in [0.1, 0.15) is 0 Å². The highest BCUT2D eigenvalue weighted by Crippen LogP contribution is 2.16. The number of rotatable bonds is 5. The SMILES string of the molecule is C[C@H](OC(=O)Cc1ccccc1Cl)C(=O)Nc1cccc(C#N)c1. The average Bonchev–Trinajstić information content (AvgIpc) is 2.57. The molecule has 0 aliphatic rings. The Hall–Kier alpha value is -2.84. The van der Waals surface area contributed by atoms with Crippen LogP contribution in [0, 0.1) is 11.3 Å². The van der Waals surface area contributed by atoms with Crippen molar-refractivity contribution in [2.75, 3.05) is 5.32 Å². The summed E-state index contributed by atoms with van der Waals surface area (Å²) in [7, 11) is 0. The third-order valence-corrected chi connectivity index (χ3v) is 3.60. The molecule has 0 unspecified atom stereocenters. The molecule has 0 fully saturated rings. The minimum absolute atomic E-state index is 0.0127. The van der Waals surface area contributed by atoms with Crippen LogP contribution in [0.2, 0.25) is 5.02 Å². The zero-order valence-electron chi connectivity index (χ0n) is 13.0. The standard InChI is InChI=1S/C18H15ClN2O3/c1-12(18(23)21-15-7-4-5-13(9-15)11-20)24-17(22)10-14-6-2-3-8-16(14)19/h2-9,12H,10H2,1H3,(H,21,23)/t12-/m0/s1. The number of nitriles is 1. The van der Waals surface area contributed by atoms with E-state index in [4.69, 9.17) is 21.6 Å². The van der Waals surface area contributed by atoms with Crippen LogP contribution in [-0.2, 0) is 20.7 Å². The van der Waals surface area contributed by atoms with Gasteiger partial charge in [0.15, 0.2) is 6.10 Å². The summed E-state index contributed by atoms with van der Waals surface area (Å²) in [6.07, 6.45) is -0.980. The fourth-order valence-electron chi connectivity index (χ4n) is 2.00. The van der Waals surface area contributed by atoms with Crippen LogP contribution in [0.3, 0.4) is 0 Å². The Labute approximate surface area is 144 Å². The highest BCUT2D eigenvalue weighted by molar-refractivity contribution is 6.31. The molecule has 0 spiro atoms. The number of anilines is 1. The molecule has 24 heavy (non-hydrogen) atoms. The zero-order chi connectivity index (χ0) is 17.5. The van der Waals surface area contributed by atoms with Crippen molar-refractivity contribution in [3.8, 4) is 6.07 Å². The van der Waals surface area contributed by atoms with Gasteiger partial charge in [-0.3, -0.25) is 9.59 Å². The predicted octanol–water partition coefficient (Wildman–Crippen LogP) is 3.32. The van der Waals surface area contributed by atoms with Crippen molar-refractivity contribution in [3.63, 3.8) is 0 Å². The van der Waals surface area contributed by atoms with Crippen molar-refractivity contribution in [1.82, 2.24) is 0 Å². The van der Waals surface area contributed by atoms with E-state index >= 15 is 0 Å². The van der Waals surface area contributed by atoms with Gasteiger partial charge in [-0.15, -0.1) is 0 Å². The second-order valence-electron chi connectivity index (χ2n) is 5.08. The predicted molar refractivity (Wildman–Crippen MR) is 90.5 cm³/mol. The molecule has 5 nitrogen and oxygen atoms in total. The molecule has 1 amide bonds. The zero-order valence-corrected chi connectivity index (χ0v) is 13.7. The summed E-state index contributed by atoms with van der Waals surface area (Å²) in [5.41, 5.74) is 1.53. The first-order valence-electron chi connectivity index (χ1n) is 7.23. The van der Waals surface area contributed by atoms with E-state index in [-0.39, 0.29) is 6.42 Å². The van der Waals surface area contributed by atoms with E-state index in [1.54, 1.807) is 42.5 Å². The lowest BCUT2D eigenvalue weighted by Gasteiger charge is -2.14. The van der Waals surface area contributed by atoms with Gasteiger partial charge in [0.25, 0.3) is 5.91 Å². The van der Waals surface area contributed by atoms with Gasteiger partial charge in [0.05, 0.1) is 18.1 Å². The van der Waals surface area contributed by atoms with E-state index in [1.807, 2.05) is 6.07 Å². The smallest absolute Gasteiger partial charge is 0.311 e. The minimum Gasteiger partial charge on any atom is -0.452 e. The number of nitrogens with one attached hydrogen (secondary N) is 1. The van der Waals surface area contributed by atoms with Crippen LogP contribution in [0.1, 0.15) is 18.1 Å². The Kier molecular flexibility index (Phi) is 5.94. The third kappa shape index (κ3) is 4.83. The lowest BCUT2D eigenvalue weighted by atomic mass is 10.1. The molecule has 0 aliphatic carbocycles. The fourth-order valence-corrected chi connectivity index (χ4v) is 2.20. The van der Waals surface area contributed by atoms with Crippen molar-refractivity contribution in [2.45, 2.75) is 19.4 Å². The van der Waals surface area contributed by atoms with Crippen molar-refractivity contribution >= 4 is 29.2 Å². The first-order chi connectivity index (χ1) is 11.5. The van der Waals surface area contributed by atoms with E-state index in [2.05, 4.69) is 5.32 Å². The lowest BCUT2D eigenvalue weighted by molar-refractivity contribution is -0.152. The van der Waals surface area contributed by atoms with Crippen LogP contribution in [0.15, 0.2) is 48.5 Å². The molecule has 0 saturated carbocycles. The molecule has 0 bridgehead atoms. The van der Waals surface area contributed by atoms with Crippen LogP contribution < -0.4 is 5.32 Å². The van der Waals surface area contributed by atoms with Crippen LogP contribution in [0.5, 0.6) is 0 Å². The Morgan fingerprint density at radius 2 is 2.00 bits per heavy atom. The van der Waals surface area contributed by atoms with Gasteiger partial charge < -0.3 is 10.1 Å². The summed E-state index contributed by atoms with van der Waals surface area (Å²) in [6.45, 7) is 1.48. The van der Waals surface area contributed by atoms with Gasteiger partial charge in [-0.1, -0.05) is 35.9 Å². The van der Waals surface area contributed by atoms with Crippen LogP contribution in [-0.4, -0.2) is 18.0 Å². The lowest BCUT2D eigenvalue weighted by Crippen LogP contribution is -2.30. The topological polar surface area (TPSA) is 79.2 Å². The summed E-state index contributed by atoms with van der Waals surface area (Å²) in [6, 6.07) is 15.4. The summed E-state index contributed by atoms with van der Waals surface area (Å²) >= 11 is 5.99. The van der Waals surface area contributed by atoms with Crippen molar-refractivity contribution < 1.29 is 14.3 Å². The fraction of sp³-hybridized carbons (Fsp3) is 0.167. The number of hydrogen-bond acceptors (Lipinski definition) is 4. The highest BCUT2D eigenvalue weighted by Gasteiger charge is 2.18. The van der Waals surface area contributed by atoms with E-state index in [9.17, 15) is 9.59 Å². The molecule has 0 saturated heterocycles. The van der Waals surface area contributed by atoms with E-state index in [1.165, 1.54) is 13.0 Å². The van der Waals surface area contributed by atoms with Gasteiger partial charge in [-0.25, -0.2) is 0 Å². The van der Waals surface area contributed by atoms with Gasteiger partial charge in [0, 0.05) is 10.7 Å². The summed E-state index contributed by atoms with van der Waals surface area (Å²) in [5.74, 6) is -1.02. The molecule has 122 valence electrons. The molecule has 0 heterocycles. The molecular formula is C18H15ClN2O3. The van der Waals surface area contributed by atoms with Gasteiger partial charge in [0.2, 0.25) is 0 Å². The Morgan fingerprint density at radius 3 is 2.71 bits per heavy atom. The molecule has 1 atom stereocenters. The number of benzene rings is 2. The van der Waals surface area contributed by atoms with Crippen molar-refractivity contribution in [2.24, 2.45) is 0 Å². The summed E-state index contributed by atoms with van der Waals surface area (Å²) in [4.78, 5) is 24.0. The number of amides is 1. The maximum Gasteiger partial charge on any atom is 0.311 e. The van der Waals surface area contributed by atoms with E-state index in [0.717, 1.165) is 0 Å². The number of halogens is 1. The number of ether oxygens (including phenoxy) is 1. The summed E-state index contributed by atoms with van der Waals surface area (Å²) in [5, 5.41) is 11.9. The van der Waals surface area contributed by atoms with Gasteiger partial charge >= 0.3 is 5.97 Å². The molecule has 2 aromatic rings. The quantitative estimate of drug-likeness (QED) is 0.845. The molecule has 6 heteroatoms. The van der Waals surface area contributed by atoms with Crippen LogP contribution in [0.4, 0.5) is 5.69 Å². The Balaban J connectivity index is 1.92. The molecule has 0 radical (unpaired) electrons. The first-order valence-corrected chi connectivity index (χ1v) is 7.61. The van der Waals surface area contributed by atoms with E-state index in [0.29, 0.717) is 21.8 Å². The molecule has 0 aliphatic heterocycles. The molecule has 2 rings (SSSR count). The minimum atomic E-state index is -0.967. The number of esters is 1. The second kappa shape index (κ2) is 8.14. The van der Waals surface area contributed by atoms with Gasteiger partial charge in [-0.2, -0.15) is 5.26 Å². The third-order valence-electron chi connectivity index (χ3n) is 3.23. The average molecular weight is 343 g/mol. The number of nitrogens with zero attached hydrogens (tertiary/aromatic N) is 1. The van der Waals surface area contributed by atoms with Crippen molar-refractivity contribution in [3.05, 3.63) is 64.7 Å². The van der Waals surface area contributed by atoms with Gasteiger partial charge in [-0.05, 0) is 36.8 Å². The summed E-state index contributed by atoms with van der Waals surface area (Å²) < 4.78 is 5.13. The van der Waals surface area contributed by atoms with Crippen molar-refractivity contribution in [1.29, 1.82) is 5.26 Å². The Morgan fingerprint density at radius 1 is 1.25 bits per heavy atom. The molecule has 2 aromatic carbocycles. The van der Waals surface area contributed by atoms with Crippen LogP contribution in [0.25, 0.3) is 0 Å². The highest BCUT2D eigenvalue weighted by atomic mass is 35.5. The number of carbonyl (C=O) groups excluding carboxylic acids is 2. The maximum atomic E-state index is 12.1. The first kappa shape index (κ1) is 17.5. The number of carbonyl (C=O) groups is 2. The largest absolute Gasteiger partial charge is 0.452 e. The molecular weight excluding hydrogens is 328 g/mol. The van der Waals surface area contributed by atoms with Crippen LogP contribution >= 0.6 is 11.6 Å². The second-order valence-corrected chi connectivity index (χ2v) is 5.49. The van der Waals surface area contributed by atoms with E-state index < -0.39 is 18.0 Å². The monoisotopic (exact) mass is 342 g/mol. The molecule has 1 N–H and O–H groups in total. The normalized spacial score (nSPS) is 11.2.